The third kappa shape index (κ3) is 5.59. The Morgan fingerprint density at radius 1 is 1.14 bits per heavy atom. The first-order valence-corrected chi connectivity index (χ1v) is 13.3. The van der Waals surface area contributed by atoms with Crippen molar-refractivity contribution in [3.8, 4) is 5.75 Å². The maximum Gasteiger partial charge on any atom is 0.270 e. The minimum Gasteiger partial charge on any atom is -0.476 e. The first kappa shape index (κ1) is 26.2. The van der Waals surface area contributed by atoms with E-state index in [0.29, 0.717) is 36.8 Å². The quantitative estimate of drug-likeness (QED) is 0.431. The summed E-state index contributed by atoms with van der Waals surface area (Å²) in [6.07, 6.45) is 5.67. The molecule has 0 bridgehead atoms. The van der Waals surface area contributed by atoms with Crippen LogP contribution in [0.3, 0.4) is 0 Å². The lowest BCUT2D eigenvalue weighted by molar-refractivity contribution is -0.132. The Morgan fingerprint density at radius 3 is 2.50 bits per heavy atom. The fourth-order valence-corrected chi connectivity index (χ4v) is 5.41. The van der Waals surface area contributed by atoms with Crippen LogP contribution in [0.1, 0.15) is 81.3 Å². The molecule has 1 heterocycles. The molecule has 0 radical (unpaired) electrons. The number of carbonyl (C=O) groups is 2. The first-order valence-electron chi connectivity index (χ1n) is 13.3. The van der Waals surface area contributed by atoms with Crippen molar-refractivity contribution in [1.82, 2.24) is 4.90 Å². The lowest BCUT2D eigenvalue weighted by Crippen LogP contribution is -2.53. The largest absolute Gasteiger partial charge is 0.476 e. The smallest absolute Gasteiger partial charge is 0.270 e. The van der Waals surface area contributed by atoms with Crippen molar-refractivity contribution in [3.05, 3.63) is 59.2 Å². The predicted molar refractivity (Wildman–Crippen MR) is 143 cm³/mol. The number of hydrogen-bond acceptors (Lipinski definition) is 4. The molecule has 2 aromatic carbocycles. The number of ether oxygens (including phenoxy) is 2. The van der Waals surface area contributed by atoms with Crippen molar-refractivity contribution >= 4 is 17.5 Å². The lowest BCUT2D eigenvalue weighted by atomic mass is 9.92. The summed E-state index contributed by atoms with van der Waals surface area (Å²) >= 11 is 0. The molecular weight excluding hydrogens is 452 g/mol. The van der Waals surface area contributed by atoms with E-state index in [0.717, 1.165) is 24.0 Å². The molecule has 0 saturated heterocycles. The highest BCUT2D eigenvalue weighted by molar-refractivity contribution is 6.05. The van der Waals surface area contributed by atoms with E-state index in [1.165, 1.54) is 19.3 Å². The van der Waals surface area contributed by atoms with E-state index >= 15 is 0 Å². The van der Waals surface area contributed by atoms with Gasteiger partial charge >= 0.3 is 0 Å². The van der Waals surface area contributed by atoms with Gasteiger partial charge < -0.3 is 19.3 Å². The minimum atomic E-state index is -0.990. The lowest BCUT2D eigenvalue weighted by Gasteiger charge is -2.40. The number of nitrogens with zero attached hydrogens (tertiary/aromatic N) is 2. The molecule has 0 atom stereocenters. The standard InChI is InChI=1S/C30H40N2O4/c1-21(2)32(24-14-10-7-11-15-24)28(33)25-19-26-27(18-22(25)3)36-30(4,5)29(34)31(26)16-17-35-20-23-12-8-6-9-13-23/h6,8-9,12-13,18-19,21,24H,7,10-11,14-17,20H2,1-5H3. The molecule has 1 aliphatic heterocycles. The maximum absolute atomic E-state index is 13.9. The maximum atomic E-state index is 13.9. The van der Waals surface area contributed by atoms with E-state index in [4.69, 9.17) is 9.47 Å². The van der Waals surface area contributed by atoms with Gasteiger partial charge in [-0.3, -0.25) is 9.59 Å². The van der Waals surface area contributed by atoms with Gasteiger partial charge in [0, 0.05) is 24.2 Å². The number of amides is 2. The third-order valence-electron chi connectivity index (χ3n) is 7.28. The van der Waals surface area contributed by atoms with Crippen molar-refractivity contribution in [2.45, 2.75) is 91.0 Å². The molecular formula is C30H40N2O4. The zero-order chi connectivity index (χ0) is 25.9. The van der Waals surface area contributed by atoms with E-state index in [1.54, 1.807) is 18.7 Å². The van der Waals surface area contributed by atoms with Gasteiger partial charge in [0.1, 0.15) is 5.75 Å². The van der Waals surface area contributed by atoms with E-state index in [1.807, 2.05) is 49.4 Å². The SMILES string of the molecule is Cc1cc2c(cc1C(=O)N(C(C)C)C1CCCCC1)N(CCOCc1ccccc1)C(=O)C(C)(C)O2. The Bertz CT molecular complexity index is 1070. The second-order valence-electron chi connectivity index (χ2n) is 10.8. The monoisotopic (exact) mass is 492 g/mol. The first-order chi connectivity index (χ1) is 17.2. The van der Waals surface area contributed by atoms with Crippen LogP contribution in [0.25, 0.3) is 0 Å². The van der Waals surface area contributed by atoms with Gasteiger partial charge in [-0.25, -0.2) is 0 Å². The van der Waals surface area contributed by atoms with E-state index < -0.39 is 5.60 Å². The second kappa shape index (κ2) is 11.0. The number of rotatable bonds is 8. The summed E-state index contributed by atoms with van der Waals surface area (Å²) in [7, 11) is 0. The molecule has 6 heteroatoms. The van der Waals surface area contributed by atoms with Crippen LogP contribution in [0.5, 0.6) is 5.75 Å². The number of anilines is 1. The summed E-state index contributed by atoms with van der Waals surface area (Å²) in [6, 6.07) is 14.1. The van der Waals surface area contributed by atoms with Crippen molar-refractivity contribution in [2.75, 3.05) is 18.1 Å². The molecule has 2 aliphatic rings. The van der Waals surface area contributed by atoms with Crippen LogP contribution < -0.4 is 9.64 Å². The summed E-state index contributed by atoms with van der Waals surface area (Å²) in [5, 5.41) is 0. The topological polar surface area (TPSA) is 59.1 Å². The zero-order valence-electron chi connectivity index (χ0n) is 22.4. The van der Waals surface area contributed by atoms with Crippen LogP contribution in [0.4, 0.5) is 5.69 Å². The van der Waals surface area contributed by atoms with Crippen LogP contribution >= 0.6 is 0 Å². The highest BCUT2D eigenvalue weighted by atomic mass is 16.5. The fourth-order valence-electron chi connectivity index (χ4n) is 5.41. The molecule has 0 spiro atoms. The third-order valence-corrected chi connectivity index (χ3v) is 7.28. The Balaban J connectivity index is 1.59. The normalized spacial score (nSPS) is 17.6. The second-order valence-corrected chi connectivity index (χ2v) is 10.8. The van der Waals surface area contributed by atoms with Gasteiger partial charge in [-0.2, -0.15) is 0 Å². The van der Waals surface area contributed by atoms with Gasteiger partial charge in [-0.1, -0.05) is 49.6 Å². The molecule has 0 unspecified atom stereocenters. The molecule has 2 aromatic rings. The number of aryl methyl sites for hydroxylation is 1. The van der Waals surface area contributed by atoms with Crippen LogP contribution in [-0.2, 0) is 16.1 Å². The number of benzene rings is 2. The molecule has 1 fully saturated rings. The highest BCUT2D eigenvalue weighted by Crippen LogP contribution is 2.40. The Kier molecular flexibility index (Phi) is 8.04. The van der Waals surface area contributed by atoms with Gasteiger partial charge in [0.05, 0.1) is 18.9 Å². The molecule has 2 amide bonds. The van der Waals surface area contributed by atoms with Crippen molar-refractivity contribution in [3.63, 3.8) is 0 Å². The fraction of sp³-hybridized carbons (Fsp3) is 0.533. The zero-order valence-corrected chi connectivity index (χ0v) is 22.4. The van der Waals surface area contributed by atoms with Crippen LogP contribution in [0.15, 0.2) is 42.5 Å². The van der Waals surface area contributed by atoms with Crippen molar-refractivity contribution in [2.24, 2.45) is 0 Å². The summed E-state index contributed by atoms with van der Waals surface area (Å²) in [5.74, 6) is 0.536. The van der Waals surface area contributed by atoms with Gasteiger partial charge in [0.15, 0.2) is 5.60 Å². The average Bonchev–Trinajstić information content (AvgIpc) is 2.84. The van der Waals surface area contributed by atoms with Gasteiger partial charge in [0.25, 0.3) is 11.8 Å². The molecule has 0 N–H and O–H groups in total. The minimum absolute atomic E-state index is 0.0368. The van der Waals surface area contributed by atoms with E-state index in [2.05, 4.69) is 18.7 Å². The molecule has 36 heavy (non-hydrogen) atoms. The van der Waals surface area contributed by atoms with Crippen LogP contribution in [-0.4, -0.2) is 47.6 Å². The molecule has 1 saturated carbocycles. The average molecular weight is 493 g/mol. The molecule has 0 aromatic heterocycles. The number of hydrogen-bond donors (Lipinski definition) is 0. The van der Waals surface area contributed by atoms with Crippen LogP contribution in [0, 0.1) is 6.92 Å². The molecule has 6 nitrogen and oxygen atoms in total. The Morgan fingerprint density at radius 2 is 1.83 bits per heavy atom. The van der Waals surface area contributed by atoms with Gasteiger partial charge in [-0.15, -0.1) is 0 Å². The van der Waals surface area contributed by atoms with E-state index in [-0.39, 0.29) is 23.9 Å². The summed E-state index contributed by atoms with van der Waals surface area (Å²) in [6.45, 7) is 11.0. The molecule has 194 valence electrons. The molecule has 4 rings (SSSR count). The van der Waals surface area contributed by atoms with Gasteiger partial charge in [0.2, 0.25) is 0 Å². The molecule has 1 aliphatic carbocycles. The highest BCUT2D eigenvalue weighted by Gasteiger charge is 2.41. The summed E-state index contributed by atoms with van der Waals surface area (Å²) < 4.78 is 12.0. The van der Waals surface area contributed by atoms with Gasteiger partial charge in [-0.05, 0) is 70.7 Å². The summed E-state index contributed by atoms with van der Waals surface area (Å²) in [5.41, 5.74) is 2.25. The van der Waals surface area contributed by atoms with Crippen LogP contribution in [0.2, 0.25) is 0 Å². The number of fused-ring (bicyclic) bond motifs is 1. The van der Waals surface area contributed by atoms with Crippen molar-refractivity contribution < 1.29 is 19.1 Å². The Hall–Kier alpha value is -2.86. The Labute approximate surface area is 215 Å². The van der Waals surface area contributed by atoms with E-state index in [9.17, 15) is 9.59 Å². The van der Waals surface area contributed by atoms with Crippen molar-refractivity contribution in [1.29, 1.82) is 0 Å². The number of carbonyl (C=O) groups excluding carboxylic acids is 2. The summed E-state index contributed by atoms with van der Waals surface area (Å²) in [4.78, 5) is 31.0. The predicted octanol–water partition coefficient (Wildman–Crippen LogP) is 5.90.